The van der Waals surface area contributed by atoms with Crippen LogP contribution in [0.3, 0.4) is 0 Å². The summed E-state index contributed by atoms with van der Waals surface area (Å²) in [4.78, 5) is 30.3. The first-order chi connectivity index (χ1) is 12.6. The third-order valence-electron chi connectivity index (χ3n) is 3.44. The summed E-state index contributed by atoms with van der Waals surface area (Å²) in [6.45, 7) is 0. The van der Waals surface area contributed by atoms with Gasteiger partial charge in [0.15, 0.2) is 4.77 Å². The molecule has 0 saturated carbocycles. The number of aromatic nitrogens is 3. The van der Waals surface area contributed by atoms with Gasteiger partial charge in [0.2, 0.25) is 5.88 Å². The van der Waals surface area contributed by atoms with E-state index in [1.165, 1.54) is 29.1 Å². The fraction of sp³-hybridized carbons (Fsp3) is 0. The van der Waals surface area contributed by atoms with Crippen LogP contribution >= 0.6 is 12.2 Å². The third-order valence-corrected chi connectivity index (χ3v) is 3.72. The lowest BCUT2D eigenvalue weighted by molar-refractivity contribution is 0.0955. The monoisotopic (exact) mass is 367 g/mol. The van der Waals surface area contributed by atoms with Crippen LogP contribution < -0.4 is 11.0 Å². The molecule has 1 aromatic carbocycles. The van der Waals surface area contributed by atoms with Crippen LogP contribution in [0.5, 0.6) is 5.88 Å². The molecule has 0 spiro atoms. The molecule has 0 fully saturated rings. The van der Waals surface area contributed by atoms with Gasteiger partial charge in [0.25, 0.3) is 11.5 Å². The quantitative estimate of drug-likeness (QED) is 0.369. The number of aromatic hydroxyl groups is 1. The molecule has 130 valence electrons. The van der Waals surface area contributed by atoms with Crippen LogP contribution in [-0.2, 0) is 0 Å². The Labute approximate surface area is 152 Å². The van der Waals surface area contributed by atoms with Crippen LogP contribution in [0.4, 0.5) is 0 Å². The zero-order valence-electron chi connectivity index (χ0n) is 13.3. The van der Waals surface area contributed by atoms with Gasteiger partial charge in [-0.05, 0) is 36.5 Å². The number of carbonyl (C=O) groups is 1. The van der Waals surface area contributed by atoms with E-state index in [1.807, 2.05) is 6.07 Å². The topological polar surface area (TPSA) is 112 Å². The Kier molecular flexibility index (Phi) is 4.99. The smallest absolute Gasteiger partial charge is 0.271 e. The van der Waals surface area contributed by atoms with Crippen LogP contribution in [0.1, 0.15) is 15.9 Å². The van der Waals surface area contributed by atoms with Crippen molar-refractivity contribution in [2.75, 3.05) is 0 Å². The molecule has 0 saturated heterocycles. The van der Waals surface area contributed by atoms with Gasteiger partial charge in [0.1, 0.15) is 5.56 Å². The zero-order valence-corrected chi connectivity index (χ0v) is 14.1. The Bertz CT molecular complexity index is 1080. The first kappa shape index (κ1) is 17.2. The molecule has 0 aliphatic carbocycles. The molecule has 8 nitrogen and oxygen atoms in total. The van der Waals surface area contributed by atoms with Gasteiger partial charge in [-0.1, -0.05) is 18.2 Å². The highest BCUT2D eigenvalue weighted by Crippen LogP contribution is 2.18. The molecule has 0 aliphatic rings. The molecule has 0 atom stereocenters. The zero-order chi connectivity index (χ0) is 18.5. The minimum Gasteiger partial charge on any atom is -0.494 e. The standard InChI is InChI=1S/C17H13N5O3S/c23-14(11-6-8-18-9-7-11)21-19-10-13-15(24)20-17(26)22(16(13)25)12-4-2-1-3-5-12/h1-10,25H,(H,21,23)(H,20,24,26)/b19-10+. The molecule has 0 unspecified atom stereocenters. The van der Waals surface area contributed by atoms with Crippen molar-refractivity contribution in [3.8, 4) is 11.6 Å². The van der Waals surface area contributed by atoms with Crippen LogP contribution in [-0.4, -0.2) is 31.8 Å². The van der Waals surface area contributed by atoms with E-state index >= 15 is 0 Å². The second-order valence-corrected chi connectivity index (χ2v) is 5.49. The van der Waals surface area contributed by atoms with Crippen molar-refractivity contribution in [1.82, 2.24) is 20.0 Å². The third kappa shape index (κ3) is 3.57. The van der Waals surface area contributed by atoms with Crippen LogP contribution in [0, 0.1) is 4.77 Å². The Balaban J connectivity index is 1.92. The Morgan fingerprint density at radius 3 is 2.62 bits per heavy atom. The van der Waals surface area contributed by atoms with Gasteiger partial charge in [0.05, 0.1) is 11.9 Å². The van der Waals surface area contributed by atoms with E-state index in [2.05, 4.69) is 20.5 Å². The van der Waals surface area contributed by atoms with E-state index in [1.54, 1.807) is 24.3 Å². The summed E-state index contributed by atoms with van der Waals surface area (Å²) < 4.78 is 1.33. The maximum atomic E-state index is 12.1. The van der Waals surface area contributed by atoms with Crippen molar-refractivity contribution >= 4 is 24.3 Å². The van der Waals surface area contributed by atoms with E-state index in [0.717, 1.165) is 6.21 Å². The minimum atomic E-state index is -0.624. The molecule has 2 aromatic heterocycles. The van der Waals surface area contributed by atoms with Crippen molar-refractivity contribution in [3.63, 3.8) is 0 Å². The van der Waals surface area contributed by atoms with Gasteiger partial charge in [-0.2, -0.15) is 5.10 Å². The second-order valence-electron chi connectivity index (χ2n) is 5.10. The van der Waals surface area contributed by atoms with Gasteiger partial charge in [0, 0.05) is 18.0 Å². The summed E-state index contributed by atoms with van der Waals surface area (Å²) in [6, 6.07) is 11.8. The van der Waals surface area contributed by atoms with Gasteiger partial charge in [-0.25, -0.2) is 5.43 Å². The lowest BCUT2D eigenvalue weighted by Crippen LogP contribution is -2.21. The summed E-state index contributed by atoms with van der Waals surface area (Å²) in [5.74, 6) is -0.859. The normalized spacial score (nSPS) is 10.8. The van der Waals surface area contributed by atoms with E-state index < -0.39 is 11.5 Å². The molecule has 3 aromatic rings. The number of hydrogen-bond donors (Lipinski definition) is 3. The van der Waals surface area contributed by atoms with E-state index in [-0.39, 0.29) is 16.2 Å². The van der Waals surface area contributed by atoms with Crippen molar-refractivity contribution in [2.24, 2.45) is 5.10 Å². The Hall–Kier alpha value is -3.59. The predicted octanol–water partition coefficient (Wildman–Crippen LogP) is 1.76. The van der Waals surface area contributed by atoms with E-state index in [9.17, 15) is 14.7 Å². The highest BCUT2D eigenvalue weighted by Gasteiger charge is 2.12. The molecule has 3 N–H and O–H groups in total. The summed E-state index contributed by atoms with van der Waals surface area (Å²) in [5, 5.41) is 14.2. The number of amides is 1. The number of rotatable bonds is 4. The number of hydrogen-bond acceptors (Lipinski definition) is 6. The van der Waals surface area contributed by atoms with Crippen molar-refractivity contribution < 1.29 is 9.90 Å². The molecule has 3 rings (SSSR count). The summed E-state index contributed by atoms with van der Waals surface area (Å²) >= 11 is 5.11. The molecule has 1 amide bonds. The molecule has 2 heterocycles. The van der Waals surface area contributed by atoms with Crippen LogP contribution in [0.2, 0.25) is 0 Å². The summed E-state index contributed by atoms with van der Waals surface area (Å²) in [5.41, 5.74) is 2.44. The molecular weight excluding hydrogens is 354 g/mol. The second kappa shape index (κ2) is 7.53. The lowest BCUT2D eigenvalue weighted by Gasteiger charge is -2.10. The van der Waals surface area contributed by atoms with Crippen LogP contribution in [0.25, 0.3) is 5.69 Å². The molecular formula is C17H13N5O3S. The van der Waals surface area contributed by atoms with Crippen LogP contribution in [0.15, 0.2) is 64.8 Å². The molecule has 9 heteroatoms. The summed E-state index contributed by atoms with van der Waals surface area (Å²) in [7, 11) is 0. The van der Waals surface area contributed by atoms with Gasteiger partial charge in [-0.15, -0.1) is 0 Å². The van der Waals surface area contributed by atoms with Gasteiger partial charge >= 0.3 is 0 Å². The maximum absolute atomic E-state index is 12.1. The molecule has 26 heavy (non-hydrogen) atoms. The molecule has 0 aliphatic heterocycles. The number of para-hydroxylation sites is 1. The average Bonchev–Trinajstić information content (AvgIpc) is 2.65. The minimum absolute atomic E-state index is 0.0386. The van der Waals surface area contributed by atoms with Crippen molar-refractivity contribution in [3.05, 3.63) is 81.1 Å². The SMILES string of the molecule is O=C(N/N=C/c1c(O)n(-c2ccccc2)c(=S)[nH]c1=O)c1ccncc1. The highest BCUT2D eigenvalue weighted by molar-refractivity contribution is 7.71. The number of H-pyrrole nitrogens is 1. The Morgan fingerprint density at radius 1 is 1.23 bits per heavy atom. The van der Waals surface area contributed by atoms with Gasteiger partial charge < -0.3 is 5.11 Å². The van der Waals surface area contributed by atoms with Gasteiger partial charge in [-0.3, -0.25) is 24.1 Å². The highest BCUT2D eigenvalue weighted by atomic mass is 32.1. The molecule has 0 radical (unpaired) electrons. The van der Waals surface area contributed by atoms with Crippen molar-refractivity contribution in [2.45, 2.75) is 0 Å². The predicted molar refractivity (Wildman–Crippen MR) is 98.2 cm³/mol. The first-order valence-electron chi connectivity index (χ1n) is 7.45. The maximum Gasteiger partial charge on any atom is 0.271 e. The first-order valence-corrected chi connectivity index (χ1v) is 7.86. The number of aromatic amines is 1. The van der Waals surface area contributed by atoms with Crippen molar-refractivity contribution in [1.29, 1.82) is 0 Å². The fourth-order valence-electron chi connectivity index (χ4n) is 2.19. The number of hydrazone groups is 1. The molecule has 0 bridgehead atoms. The lowest BCUT2D eigenvalue weighted by atomic mass is 10.2. The number of nitrogens with zero attached hydrogens (tertiary/aromatic N) is 3. The summed E-state index contributed by atoms with van der Waals surface area (Å²) in [6.07, 6.45) is 4.00. The number of pyridine rings is 1. The van der Waals surface area contributed by atoms with E-state index in [4.69, 9.17) is 12.2 Å². The van der Waals surface area contributed by atoms with E-state index in [0.29, 0.717) is 11.3 Å². The number of benzene rings is 1. The fourth-order valence-corrected chi connectivity index (χ4v) is 2.48. The number of carbonyl (C=O) groups excluding carboxylic acids is 1. The largest absolute Gasteiger partial charge is 0.494 e. The average molecular weight is 367 g/mol. The number of nitrogens with one attached hydrogen (secondary N) is 2. The Morgan fingerprint density at radius 2 is 1.92 bits per heavy atom.